The Hall–Kier alpha value is -3.12. The fourth-order valence-corrected chi connectivity index (χ4v) is 4.80. The summed E-state index contributed by atoms with van der Waals surface area (Å²) in [6.07, 6.45) is 6.64. The monoisotopic (exact) mass is 429 g/mol. The molecule has 32 heavy (non-hydrogen) atoms. The molecule has 1 aliphatic heterocycles. The number of aromatic amines is 1. The van der Waals surface area contributed by atoms with Gasteiger partial charge >= 0.3 is 0 Å². The normalized spacial score (nSPS) is 15.1. The van der Waals surface area contributed by atoms with Gasteiger partial charge in [-0.3, -0.25) is 9.69 Å². The van der Waals surface area contributed by atoms with Crippen LogP contribution in [0.3, 0.4) is 0 Å². The Labute approximate surface area is 188 Å². The Balaban J connectivity index is 1.12. The first-order valence-corrected chi connectivity index (χ1v) is 11.6. The van der Waals surface area contributed by atoms with Crippen molar-refractivity contribution in [3.05, 3.63) is 71.3 Å². The van der Waals surface area contributed by atoms with Gasteiger partial charge in [-0.25, -0.2) is 4.98 Å². The summed E-state index contributed by atoms with van der Waals surface area (Å²) >= 11 is 0. The van der Waals surface area contributed by atoms with Crippen LogP contribution >= 0.6 is 0 Å². The molecular formula is C26H31N5O. The highest BCUT2D eigenvalue weighted by Crippen LogP contribution is 2.20. The van der Waals surface area contributed by atoms with E-state index in [-0.39, 0.29) is 5.91 Å². The maximum atomic E-state index is 12.8. The maximum absolute atomic E-state index is 12.8. The van der Waals surface area contributed by atoms with Crippen LogP contribution in [0.5, 0.6) is 0 Å². The molecule has 0 unspecified atom stereocenters. The summed E-state index contributed by atoms with van der Waals surface area (Å²) in [5, 5.41) is 1.27. The molecule has 0 atom stereocenters. The number of H-pyrrole nitrogens is 1. The summed E-state index contributed by atoms with van der Waals surface area (Å²) in [4.78, 5) is 25.3. The van der Waals surface area contributed by atoms with Gasteiger partial charge < -0.3 is 14.3 Å². The van der Waals surface area contributed by atoms with E-state index < -0.39 is 0 Å². The first-order chi connectivity index (χ1) is 15.6. The quantitative estimate of drug-likeness (QED) is 0.502. The van der Waals surface area contributed by atoms with Crippen LogP contribution in [0.4, 0.5) is 0 Å². The van der Waals surface area contributed by atoms with E-state index in [0.29, 0.717) is 6.42 Å². The molecule has 4 heterocycles. The van der Waals surface area contributed by atoms with Crippen molar-refractivity contribution in [2.45, 2.75) is 39.7 Å². The number of para-hydroxylation sites is 1. The minimum atomic E-state index is 0.283. The standard InChI is InChI=1S/C26H31N5O/c1-19-10-11-31-24(20(2)28-25(31)16-19)18-29-12-14-30(15-13-29)26(32)9-5-6-21-17-27-23-8-4-3-7-22(21)23/h3-4,7-8,10-11,16-17,27H,5-6,9,12-15,18H2,1-2H3. The molecule has 3 aromatic heterocycles. The third-order valence-corrected chi connectivity index (χ3v) is 6.69. The van der Waals surface area contributed by atoms with E-state index in [1.54, 1.807) is 0 Å². The molecule has 166 valence electrons. The van der Waals surface area contributed by atoms with Crippen molar-refractivity contribution < 1.29 is 4.79 Å². The Bertz CT molecular complexity index is 1250. The molecule has 0 radical (unpaired) electrons. The highest BCUT2D eigenvalue weighted by molar-refractivity contribution is 5.83. The number of benzene rings is 1. The zero-order valence-corrected chi connectivity index (χ0v) is 19.0. The molecule has 1 fully saturated rings. The lowest BCUT2D eigenvalue weighted by Gasteiger charge is -2.34. The molecule has 0 aliphatic carbocycles. The maximum Gasteiger partial charge on any atom is 0.222 e. The molecule has 6 nitrogen and oxygen atoms in total. The average molecular weight is 430 g/mol. The van der Waals surface area contributed by atoms with Gasteiger partial charge in [-0.2, -0.15) is 0 Å². The lowest BCUT2D eigenvalue weighted by atomic mass is 10.1. The van der Waals surface area contributed by atoms with E-state index in [1.807, 2.05) is 11.0 Å². The number of rotatable bonds is 6. The van der Waals surface area contributed by atoms with Crippen molar-refractivity contribution >= 4 is 22.5 Å². The van der Waals surface area contributed by atoms with E-state index in [1.165, 1.54) is 27.7 Å². The fourth-order valence-electron chi connectivity index (χ4n) is 4.80. The summed E-state index contributed by atoms with van der Waals surface area (Å²) in [6, 6.07) is 12.6. The first-order valence-electron chi connectivity index (χ1n) is 11.6. The fraction of sp³-hybridized carbons (Fsp3) is 0.385. The van der Waals surface area contributed by atoms with Gasteiger partial charge in [0.1, 0.15) is 5.65 Å². The number of nitrogens with one attached hydrogen (secondary N) is 1. The van der Waals surface area contributed by atoms with Gasteiger partial charge in [-0.1, -0.05) is 18.2 Å². The van der Waals surface area contributed by atoms with Crippen molar-refractivity contribution in [2.24, 2.45) is 0 Å². The van der Waals surface area contributed by atoms with Gasteiger partial charge in [-0.05, 0) is 56.0 Å². The highest BCUT2D eigenvalue weighted by atomic mass is 16.2. The van der Waals surface area contributed by atoms with Crippen molar-refractivity contribution in [1.29, 1.82) is 0 Å². The predicted molar refractivity (Wildman–Crippen MR) is 128 cm³/mol. The number of amides is 1. The largest absolute Gasteiger partial charge is 0.361 e. The number of pyridine rings is 1. The van der Waals surface area contributed by atoms with Crippen molar-refractivity contribution in [3.8, 4) is 0 Å². The third-order valence-electron chi connectivity index (χ3n) is 6.69. The number of aromatic nitrogens is 3. The first kappa shape index (κ1) is 20.8. The van der Waals surface area contributed by atoms with Gasteiger partial charge in [0.25, 0.3) is 0 Å². The number of nitrogens with zero attached hydrogens (tertiary/aromatic N) is 4. The summed E-state index contributed by atoms with van der Waals surface area (Å²) in [6.45, 7) is 8.49. The van der Waals surface area contributed by atoms with Gasteiger partial charge in [0.15, 0.2) is 0 Å². The molecule has 0 saturated carbocycles. The van der Waals surface area contributed by atoms with Gasteiger partial charge in [0, 0.05) is 62.4 Å². The lowest BCUT2D eigenvalue weighted by molar-refractivity contribution is -0.133. The summed E-state index contributed by atoms with van der Waals surface area (Å²) in [5.41, 5.74) is 7.05. The molecule has 1 N–H and O–H groups in total. The molecular weight excluding hydrogens is 398 g/mol. The number of imidazole rings is 1. The predicted octanol–water partition coefficient (Wildman–Crippen LogP) is 4.10. The molecule has 6 heteroatoms. The van der Waals surface area contributed by atoms with E-state index in [0.717, 1.165) is 56.9 Å². The van der Waals surface area contributed by atoms with Crippen LogP contribution in [0, 0.1) is 13.8 Å². The Morgan fingerprint density at radius 3 is 2.75 bits per heavy atom. The summed E-state index contributed by atoms with van der Waals surface area (Å²) in [7, 11) is 0. The van der Waals surface area contributed by atoms with Crippen LogP contribution in [0.2, 0.25) is 0 Å². The van der Waals surface area contributed by atoms with E-state index in [4.69, 9.17) is 4.98 Å². The van der Waals surface area contributed by atoms with E-state index in [9.17, 15) is 4.79 Å². The summed E-state index contributed by atoms with van der Waals surface area (Å²) in [5.74, 6) is 0.283. The number of carbonyl (C=O) groups is 1. The molecule has 5 rings (SSSR count). The number of carbonyl (C=O) groups excluding carboxylic acids is 1. The molecule has 1 saturated heterocycles. The minimum Gasteiger partial charge on any atom is -0.361 e. The van der Waals surface area contributed by atoms with Gasteiger partial charge in [-0.15, -0.1) is 0 Å². The Kier molecular flexibility index (Phi) is 5.70. The van der Waals surface area contributed by atoms with Gasteiger partial charge in [0.05, 0.1) is 11.4 Å². The van der Waals surface area contributed by atoms with Crippen LogP contribution in [-0.4, -0.2) is 56.3 Å². The average Bonchev–Trinajstić information content (AvgIpc) is 3.34. The second-order valence-corrected chi connectivity index (χ2v) is 8.95. The number of fused-ring (bicyclic) bond motifs is 2. The zero-order chi connectivity index (χ0) is 22.1. The van der Waals surface area contributed by atoms with Crippen LogP contribution < -0.4 is 0 Å². The molecule has 4 aromatic rings. The second-order valence-electron chi connectivity index (χ2n) is 8.95. The smallest absolute Gasteiger partial charge is 0.222 e. The van der Waals surface area contributed by atoms with Crippen molar-refractivity contribution in [3.63, 3.8) is 0 Å². The highest BCUT2D eigenvalue weighted by Gasteiger charge is 2.22. The second kappa shape index (κ2) is 8.79. The van der Waals surface area contributed by atoms with Crippen molar-refractivity contribution in [1.82, 2.24) is 24.2 Å². The SMILES string of the molecule is Cc1ccn2c(CN3CCN(C(=O)CCCc4c[nH]c5ccccc45)CC3)c(C)nc2c1. The molecule has 0 bridgehead atoms. The van der Waals surface area contributed by atoms with Gasteiger partial charge in [0.2, 0.25) is 5.91 Å². The number of hydrogen-bond donors (Lipinski definition) is 1. The van der Waals surface area contributed by atoms with Crippen molar-refractivity contribution in [2.75, 3.05) is 26.2 Å². The molecule has 1 amide bonds. The third kappa shape index (κ3) is 4.15. The Morgan fingerprint density at radius 1 is 1.09 bits per heavy atom. The molecule has 1 aliphatic rings. The minimum absolute atomic E-state index is 0.283. The topological polar surface area (TPSA) is 56.6 Å². The number of aryl methyl sites for hydroxylation is 3. The van der Waals surface area contributed by atoms with Crippen LogP contribution in [0.25, 0.3) is 16.6 Å². The zero-order valence-electron chi connectivity index (χ0n) is 19.0. The van der Waals surface area contributed by atoms with Crippen LogP contribution in [0.1, 0.15) is 35.4 Å². The number of piperazine rings is 1. The molecule has 1 aromatic carbocycles. The van der Waals surface area contributed by atoms with Crippen LogP contribution in [-0.2, 0) is 17.8 Å². The number of hydrogen-bond acceptors (Lipinski definition) is 3. The summed E-state index contributed by atoms with van der Waals surface area (Å²) < 4.78 is 2.20. The lowest BCUT2D eigenvalue weighted by Crippen LogP contribution is -2.48. The van der Waals surface area contributed by atoms with Crippen LogP contribution in [0.15, 0.2) is 48.8 Å². The van der Waals surface area contributed by atoms with E-state index >= 15 is 0 Å². The Morgan fingerprint density at radius 2 is 1.91 bits per heavy atom. The molecule has 0 spiro atoms. The van der Waals surface area contributed by atoms with E-state index in [2.05, 4.69) is 70.9 Å².